The first-order valence-electron chi connectivity index (χ1n) is 8.34. The van der Waals surface area contributed by atoms with Gasteiger partial charge < -0.3 is 0 Å². The molecule has 5 nitrogen and oxygen atoms in total. The van der Waals surface area contributed by atoms with Crippen LogP contribution in [0.3, 0.4) is 0 Å². The van der Waals surface area contributed by atoms with Crippen molar-refractivity contribution in [2.24, 2.45) is 0 Å². The summed E-state index contributed by atoms with van der Waals surface area (Å²) >= 11 is 9.82. The first-order chi connectivity index (χ1) is 12.2. The Balaban J connectivity index is 1.93. The Kier molecular flexibility index (Phi) is 6.11. The Labute approximate surface area is 161 Å². The van der Waals surface area contributed by atoms with E-state index in [1.807, 2.05) is 23.2 Å². The van der Waals surface area contributed by atoms with Gasteiger partial charge in [-0.05, 0) is 30.5 Å². The average Bonchev–Trinajstić information content (AvgIpc) is 2.68. The summed E-state index contributed by atoms with van der Waals surface area (Å²) in [6.45, 7) is 0. The molecule has 3 rings (SSSR count). The van der Waals surface area contributed by atoms with E-state index in [-0.39, 0.29) is 11.9 Å². The third-order valence-electron chi connectivity index (χ3n) is 4.35. The van der Waals surface area contributed by atoms with Crippen molar-refractivity contribution in [2.75, 3.05) is 10.4 Å². The zero-order valence-corrected chi connectivity index (χ0v) is 16.1. The number of nitrogens with zero attached hydrogens (tertiary/aromatic N) is 4. The van der Waals surface area contributed by atoms with Crippen molar-refractivity contribution >= 4 is 39.0 Å². The first-order valence-corrected chi connectivity index (χ1v) is 9.84. The van der Waals surface area contributed by atoms with E-state index in [1.54, 1.807) is 0 Å². The van der Waals surface area contributed by atoms with Crippen LogP contribution < -0.4 is 10.4 Å². The molecule has 1 saturated carbocycles. The minimum absolute atomic E-state index is 0.122. The topological polar surface area (TPSA) is 64.8 Å². The monoisotopic (exact) mass is 419 g/mol. The molecular weight excluding hydrogens is 402 g/mol. The van der Waals surface area contributed by atoms with Crippen LogP contribution in [0.5, 0.6) is 0 Å². The van der Waals surface area contributed by atoms with Crippen LogP contribution in [-0.2, 0) is 5.33 Å². The number of rotatable bonds is 5. The van der Waals surface area contributed by atoms with Gasteiger partial charge in [0.25, 0.3) is 0 Å². The van der Waals surface area contributed by atoms with Crippen LogP contribution >= 0.6 is 27.5 Å². The highest BCUT2D eigenvalue weighted by molar-refractivity contribution is 9.08. The number of hydrogen-bond donors (Lipinski definition) is 1. The maximum atomic E-state index is 9.13. The molecule has 130 valence electrons. The lowest BCUT2D eigenvalue weighted by molar-refractivity contribution is 0.425. The van der Waals surface area contributed by atoms with Crippen molar-refractivity contribution in [3.8, 4) is 6.07 Å². The minimum Gasteiger partial charge on any atom is -0.297 e. The van der Waals surface area contributed by atoms with Crippen LogP contribution in [0.25, 0.3) is 0 Å². The summed E-state index contributed by atoms with van der Waals surface area (Å²) in [6.07, 6.45) is 7.24. The lowest BCUT2D eigenvalue weighted by atomic mass is 9.95. The van der Waals surface area contributed by atoms with Crippen LogP contribution in [0.15, 0.2) is 30.5 Å². The number of halogens is 2. The maximum Gasteiger partial charge on any atom is 0.234 e. The van der Waals surface area contributed by atoms with Gasteiger partial charge in [0, 0.05) is 5.33 Å². The molecule has 1 heterocycles. The van der Waals surface area contributed by atoms with E-state index in [9.17, 15) is 0 Å². The number of nitrogens with one attached hydrogen (secondary N) is 1. The van der Waals surface area contributed by atoms with Gasteiger partial charge in [0.15, 0.2) is 5.82 Å². The molecule has 7 heteroatoms. The molecule has 1 N–H and O–H groups in total. The number of alkyl halides is 1. The van der Waals surface area contributed by atoms with E-state index in [1.165, 1.54) is 31.0 Å². The molecule has 0 unspecified atom stereocenters. The van der Waals surface area contributed by atoms with E-state index in [0.29, 0.717) is 10.8 Å². The fourth-order valence-electron chi connectivity index (χ4n) is 3.04. The second-order valence-electron chi connectivity index (χ2n) is 6.08. The van der Waals surface area contributed by atoms with Crippen molar-refractivity contribution < 1.29 is 0 Å². The summed E-state index contributed by atoms with van der Waals surface area (Å²) in [5.74, 6) is 0.682. The van der Waals surface area contributed by atoms with Gasteiger partial charge in [-0.1, -0.05) is 58.9 Å². The molecule has 2 aromatic rings. The molecule has 1 aromatic heterocycles. The van der Waals surface area contributed by atoms with Crippen molar-refractivity contribution in [3.05, 3.63) is 46.9 Å². The van der Waals surface area contributed by atoms with Crippen molar-refractivity contribution in [2.45, 2.75) is 43.5 Å². The van der Waals surface area contributed by atoms with Gasteiger partial charge in [0.2, 0.25) is 5.82 Å². The van der Waals surface area contributed by atoms with E-state index in [0.717, 1.165) is 23.9 Å². The average molecular weight is 421 g/mol. The zero-order valence-electron chi connectivity index (χ0n) is 13.8. The zero-order chi connectivity index (χ0) is 17.6. The smallest absolute Gasteiger partial charge is 0.234 e. The highest BCUT2D eigenvalue weighted by Gasteiger charge is 2.25. The molecule has 0 atom stereocenters. The largest absolute Gasteiger partial charge is 0.297 e. The van der Waals surface area contributed by atoms with Crippen LogP contribution in [0.2, 0.25) is 5.02 Å². The van der Waals surface area contributed by atoms with Crippen LogP contribution in [0.4, 0.5) is 11.5 Å². The summed E-state index contributed by atoms with van der Waals surface area (Å²) in [5, 5.41) is 12.4. The quantitative estimate of drug-likeness (QED) is 0.541. The number of benzene rings is 1. The Morgan fingerprint density at radius 2 is 1.96 bits per heavy atom. The third-order valence-corrected chi connectivity index (χ3v) is 5.27. The first kappa shape index (κ1) is 18.0. The van der Waals surface area contributed by atoms with E-state index in [2.05, 4.69) is 43.5 Å². The Hall–Kier alpha value is -1.84. The second kappa shape index (κ2) is 8.50. The number of anilines is 2. The number of aromatic nitrogens is 2. The molecule has 0 saturated heterocycles. The van der Waals surface area contributed by atoms with E-state index >= 15 is 0 Å². The van der Waals surface area contributed by atoms with Gasteiger partial charge in [-0.3, -0.25) is 10.4 Å². The Morgan fingerprint density at radius 3 is 2.60 bits per heavy atom. The molecule has 1 aromatic carbocycles. The number of hydrazine groups is 1. The normalized spacial score (nSPS) is 14.8. The Morgan fingerprint density at radius 1 is 1.24 bits per heavy atom. The summed E-state index contributed by atoms with van der Waals surface area (Å²) < 4.78 is 0. The van der Waals surface area contributed by atoms with Gasteiger partial charge in [-0.25, -0.2) is 4.98 Å². The van der Waals surface area contributed by atoms with E-state index < -0.39 is 0 Å². The lowest BCUT2D eigenvalue weighted by Crippen LogP contribution is -2.42. The van der Waals surface area contributed by atoms with Crippen molar-refractivity contribution in [1.29, 1.82) is 5.26 Å². The molecule has 0 radical (unpaired) electrons. The van der Waals surface area contributed by atoms with Crippen LogP contribution in [0, 0.1) is 11.3 Å². The molecule has 0 bridgehead atoms. The minimum atomic E-state index is 0.122. The summed E-state index contributed by atoms with van der Waals surface area (Å²) in [4.78, 5) is 8.30. The van der Waals surface area contributed by atoms with Crippen molar-refractivity contribution in [3.63, 3.8) is 0 Å². The molecule has 0 amide bonds. The predicted molar refractivity (Wildman–Crippen MR) is 104 cm³/mol. The molecular formula is C18H19BrClN5. The molecule has 0 spiro atoms. The second-order valence-corrected chi connectivity index (χ2v) is 7.05. The SMILES string of the molecule is N#Cc1ncc(Cl)c(N(Nc2ccc(CBr)cc2)C2CCCCC2)n1. The molecule has 1 fully saturated rings. The standard InChI is InChI=1S/C18H19BrClN5/c19-10-13-6-8-14(9-7-13)24-25(15-4-2-1-3-5-15)18-16(20)12-22-17(11-21)23-18/h6-9,12,15,24H,1-5,10H2. The maximum absolute atomic E-state index is 9.13. The Bertz CT molecular complexity index is 753. The fourth-order valence-corrected chi connectivity index (χ4v) is 3.60. The third kappa shape index (κ3) is 4.42. The molecule has 25 heavy (non-hydrogen) atoms. The predicted octanol–water partition coefficient (Wildman–Crippen LogP) is 5.06. The highest BCUT2D eigenvalue weighted by Crippen LogP contribution is 2.31. The molecule has 1 aliphatic rings. The number of hydrogen-bond acceptors (Lipinski definition) is 5. The highest BCUT2D eigenvalue weighted by atomic mass is 79.9. The summed E-state index contributed by atoms with van der Waals surface area (Å²) in [5.41, 5.74) is 5.61. The molecule has 0 aliphatic heterocycles. The summed E-state index contributed by atoms with van der Waals surface area (Å²) in [7, 11) is 0. The molecule has 1 aliphatic carbocycles. The fraction of sp³-hybridized carbons (Fsp3) is 0.389. The number of nitriles is 1. The van der Waals surface area contributed by atoms with Crippen LogP contribution in [-0.4, -0.2) is 16.0 Å². The van der Waals surface area contributed by atoms with Crippen molar-refractivity contribution in [1.82, 2.24) is 9.97 Å². The van der Waals surface area contributed by atoms with Gasteiger partial charge in [-0.15, -0.1) is 0 Å². The lowest BCUT2D eigenvalue weighted by Gasteiger charge is -2.36. The van der Waals surface area contributed by atoms with Gasteiger partial charge in [0.1, 0.15) is 11.1 Å². The summed E-state index contributed by atoms with van der Waals surface area (Å²) in [6, 6.07) is 10.5. The van der Waals surface area contributed by atoms with E-state index in [4.69, 9.17) is 16.9 Å². The van der Waals surface area contributed by atoms with Gasteiger partial charge in [0.05, 0.1) is 17.9 Å². The van der Waals surface area contributed by atoms with Crippen LogP contribution in [0.1, 0.15) is 43.5 Å². The van der Waals surface area contributed by atoms with Gasteiger partial charge >= 0.3 is 0 Å². The van der Waals surface area contributed by atoms with Gasteiger partial charge in [-0.2, -0.15) is 10.2 Å².